The van der Waals surface area contributed by atoms with Crippen LogP contribution in [0.5, 0.6) is 0 Å². The van der Waals surface area contributed by atoms with Gasteiger partial charge in [0.15, 0.2) is 0 Å². The Hall–Kier alpha value is -1.66. The van der Waals surface area contributed by atoms with Gasteiger partial charge in [-0.2, -0.15) is 5.10 Å². The van der Waals surface area contributed by atoms with Crippen LogP contribution in [-0.2, 0) is 11.8 Å². The Morgan fingerprint density at radius 1 is 1.48 bits per heavy atom. The first kappa shape index (κ1) is 16.2. The second-order valence-corrected chi connectivity index (χ2v) is 7.88. The molecule has 0 bridgehead atoms. The van der Waals surface area contributed by atoms with Crippen LogP contribution < -0.4 is 10.6 Å². The lowest BCUT2D eigenvalue weighted by molar-refractivity contribution is -0.125. The average Bonchev–Trinajstić information content (AvgIpc) is 3.18. The summed E-state index contributed by atoms with van der Waals surface area (Å²) in [5.41, 5.74) is 2.36. The predicted octanol–water partition coefficient (Wildman–Crippen LogP) is 2.28. The van der Waals surface area contributed by atoms with Crippen molar-refractivity contribution in [2.24, 2.45) is 13.0 Å². The van der Waals surface area contributed by atoms with E-state index < -0.39 is 0 Å². The summed E-state index contributed by atoms with van der Waals surface area (Å²) >= 11 is 1.78. The lowest BCUT2D eigenvalue weighted by Gasteiger charge is -2.20. The molecule has 3 heterocycles. The van der Waals surface area contributed by atoms with Gasteiger partial charge >= 0.3 is 0 Å². The van der Waals surface area contributed by atoms with E-state index >= 15 is 0 Å². The van der Waals surface area contributed by atoms with E-state index in [1.54, 1.807) is 16.0 Å². The Labute approximate surface area is 141 Å². The van der Waals surface area contributed by atoms with Crippen molar-refractivity contribution in [2.45, 2.75) is 32.7 Å². The van der Waals surface area contributed by atoms with Gasteiger partial charge in [-0.1, -0.05) is 0 Å². The van der Waals surface area contributed by atoms with Crippen LogP contribution in [0, 0.1) is 19.8 Å². The van der Waals surface area contributed by atoms with Crippen molar-refractivity contribution in [3.63, 3.8) is 0 Å². The zero-order chi connectivity index (χ0) is 16.6. The molecule has 1 amide bonds. The molecule has 2 N–H and O–H groups in total. The minimum atomic E-state index is -0.0401. The molecule has 5 nitrogen and oxygen atoms in total. The number of hydrogen-bond donors (Lipinski definition) is 2. The summed E-state index contributed by atoms with van der Waals surface area (Å²) in [6, 6.07) is 2.22. The summed E-state index contributed by atoms with van der Waals surface area (Å²) in [4.78, 5) is 15.3. The fourth-order valence-corrected chi connectivity index (χ4v) is 4.44. The minimum absolute atomic E-state index is 0.0401. The maximum absolute atomic E-state index is 12.8. The molecule has 2 aromatic rings. The fourth-order valence-electron chi connectivity index (χ4n) is 3.41. The number of carbonyl (C=O) groups is 1. The van der Waals surface area contributed by atoms with Crippen molar-refractivity contribution in [3.8, 4) is 0 Å². The lowest BCUT2D eigenvalue weighted by Crippen LogP contribution is -2.36. The number of thiophene rings is 1. The molecule has 1 saturated heterocycles. The molecule has 0 radical (unpaired) electrons. The smallest absolute Gasteiger partial charge is 0.225 e. The van der Waals surface area contributed by atoms with E-state index in [1.807, 2.05) is 19.4 Å². The molecular formula is C17H24N4OS. The molecule has 1 aliphatic heterocycles. The summed E-state index contributed by atoms with van der Waals surface area (Å²) in [6.45, 7) is 7.84. The van der Waals surface area contributed by atoms with E-state index in [2.05, 4.69) is 42.6 Å². The number of hydrogen-bond acceptors (Lipinski definition) is 4. The third-order valence-electron chi connectivity index (χ3n) is 4.61. The monoisotopic (exact) mass is 332 g/mol. The van der Waals surface area contributed by atoms with Crippen LogP contribution in [-0.4, -0.2) is 28.8 Å². The molecule has 0 spiro atoms. The van der Waals surface area contributed by atoms with Gasteiger partial charge in [0.05, 0.1) is 18.2 Å². The van der Waals surface area contributed by atoms with Gasteiger partial charge in [0.25, 0.3) is 0 Å². The first-order valence-corrected chi connectivity index (χ1v) is 8.84. The summed E-state index contributed by atoms with van der Waals surface area (Å²) in [6.07, 6.45) is 3.88. The largest absolute Gasteiger partial charge is 0.349 e. The quantitative estimate of drug-likeness (QED) is 0.903. The van der Waals surface area contributed by atoms with Crippen LogP contribution in [0.3, 0.4) is 0 Å². The number of carbonyl (C=O) groups excluding carboxylic acids is 1. The molecule has 0 aromatic carbocycles. The number of amides is 1. The first-order valence-electron chi connectivity index (χ1n) is 8.02. The highest BCUT2D eigenvalue weighted by Gasteiger charge is 2.35. The maximum Gasteiger partial charge on any atom is 0.225 e. The van der Waals surface area contributed by atoms with Crippen molar-refractivity contribution in [1.29, 1.82) is 0 Å². The van der Waals surface area contributed by atoms with Crippen molar-refractivity contribution >= 4 is 17.2 Å². The highest BCUT2D eigenvalue weighted by molar-refractivity contribution is 7.12. The van der Waals surface area contributed by atoms with Gasteiger partial charge in [0.2, 0.25) is 5.91 Å². The van der Waals surface area contributed by atoms with Gasteiger partial charge in [-0.05, 0) is 38.0 Å². The maximum atomic E-state index is 12.8. The van der Waals surface area contributed by atoms with Crippen molar-refractivity contribution < 1.29 is 4.79 Å². The van der Waals surface area contributed by atoms with Gasteiger partial charge in [-0.15, -0.1) is 11.3 Å². The Kier molecular flexibility index (Phi) is 4.55. The zero-order valence-corrected chi connectivity index (χ0v) is 14.9. The third-order valence-corrected chi connectivity index (χ3v) is 5.59. The molecule has 124 valence electrons. The molecule has 1 aliphatic rings. The normalized spacial score (nSPS) is 22.3. The van der Waals surface area contributed by atoms with Crippen molar-refractivity contribution in [3.05, 3.63) is 39.3 Å². The Balaban J connectivity index is 1.71. The molecule has 3 atom stereocenters. The molecule has 0 saturated carbocycles. The van der Waals surface area contributed by atoms with E-state index in [0.29, 0.717) is 0 Å². The predicted molar refractivity (Wildman–Crippen MR) is 92.7 cm³/mol. The first-order chi connectivity index (χ1) is 11.0. The van der Waals surface area contributed by atoms with E-state index in [9.17, 15) is 4.79 Å². The molecule has 1 fully saturated rings. The van der Waals surface area contributed by atoms with Crippen LogP contribution in [0.25, 0.3) is 0 Å². The SMILES string of the molecule is Cc1cc(C(C)NC(=O)[C@H]2CNC[C@@H]2c2cnn(C)c2)c(C)s1. The zero-order valence-electron chi connectivity index (χ0n) is 14.1. The van der Waals surface area contributed by atoms with Crippen molar-refractivity contribution in [2.75, 3.05) is 13.1 Å². The van der Waals surface area contributed by atoms with Gasteiger partial charge in [0, 0.05) is 42.0 Å². The Morgan fingerprint density at radius 2 is 2.26 bits per heavy atom. The van der Waals surface area contributed by atoms with Crippen LogP contribution in [0.15, 0.2) is 18.5 Å². The molecule has 1 unspecified atom stereocenters. The van der Waals surface area contributed by atoms with Crippen LogP contribution in [0.1, 0.15) is 39.8 Å². The molecule has 0 aliphatic carbocycles. The second kappa shape index (κ2) is 6.45. The molecule has 23 heavy (non-hydrogen) atoms. The topological polar surface area (TPSA) is 59.0 Å². The number of nitrogens with one attached hydrogen (secondary N) is 2. The minimum Gasteiger partial charge on any atom is -0.349 e. The Morgan fingerprint density at radius 3 is 2.87 bits per heavy atom. The summed E-state index contributed by atoms with van der Waals surface area (Å²) < 4.78 is 1.79. The highest BCUT2D eigenvalue weighted by Crippen LogP contribution is 2.30. The molecule has 3 rings (SSSR count). The molecule has 2 aromatic heterocycles. The van der Waals surface area contributed by atoms with Crippen molar-refractivity contribution in [1.82, 2.24) is 20.4 Å². The number of aromatic nitrogens is 2. The molecule has 6 heteroatoms. The van der Waals surface area contributed by atoms with Gasteiger partial charge < -0.3 is 10.6 Å². The third kappa shape index (κ3) is 3.33. The van der Waals surface area contributed by atoms with E-state index in [0.717, 1.165) is 18.7 Å². The summed E-state index contributed by atoms with van der Waals surface area (Å²) in [5.74, 6) is 0.280. The average molecular weight is 332 g/mol. The van der Waals surface area contributed by atoms with Crippen LogP contribution in [0.4, 0.5) is 0 Å². The standard InChI is InChI=1S/C17H24N4OS/c1-10-5-14(12(3)23-10)11(2)20-17(22)16-8-18-7-15(16)13-6-19-21(4)9-13/h5-6,9,11,15-16,18H,7-8H2,1-4H3,(H,20,22)/t11?,15-,16+/m1/s1. The van der Waals surface area contributed by atoms with E-state index in [1.165, 1.54) is 15.3 Å². The van der Waals surface area contributed by atoms with Crippen LogP contribution >= 0.6 is 11.3 Å². The van der Waals surface area contributed by atoms with E-state index in [4.69, 9.17) is 0 Å². The number of nitrogens with zero attached hydrogens (tertiary/aromatic N) is 2. The Bertz CT molecular complexity index is 705. The second-order valence-electron chi connectivity index (χ2n) is 6.42. The van der Waals surface area contributed by atoms with Gasteiger partial charge in [-0.3, -0.25) is 9.48 Å². The van der Waals surface area contributed by atoms with Crippen LogP contribution in [0.2, 0.25) is 0 Å². The summed E-state index contributed by atoms with van der Waals surface area (Å²) in [5, 5.41) is 10.8. The van der Waals surface area contributed by atoms with E-state index in [-0.39, 0.29) is 23.8 Å². The van der Waals surface area contributed by atoms with Gasteiger partial charge in [0.1, 0.15) is 0 Å². The van der Waals surface area contributed by atoms with Gasteiger partial charge in [-0.25, -0.2) is 0 Å². The fraction of sp³-hybridized carbons (Fsp3) is 0.529. The summed E-state index contributed by atoms with van der Waals surface area (Å²) in [7, 11) is 1.91. The lowest BCUT2D eigenvalue weighted by atomic mass is 9.90. The number of aryl methyl sites for hydroxylation is 3. The highest BCUT2D eigenvalue weighted by atomic mass is 32.1. The molecular weight excluding hydrogens is 308 g/mol. The number of rotatable bonds is 4.